The first kappa shape index (κ1) is 18.8. The van der Waals surface area contributed by atoms with Gasteiger partial charge in [-0.1, -0.05) is 36.4 Å². The van der Waals surface area contributed by atoms with Crippen LogP contribution in [0.1, 0.15) is 37.9 Å². The standard InChI is InChI=1S/C21H24N2O4/c1-21(2,3)27-20(25)23-18(14-7-5-4-6-8-14)13-26-16-10-9-15-11-19(24)22-17(15)12-16/h4-10,12,18H,11,13H2,1-3H3,(H,22,24)(H,23,25)/t18-/m0/s1. The SMILES string of the molecule is CC(C)(C)OC(=O)N[C@@H](COc1ccc2c(c1)NC(=O)C2)c1ccccc1. The maximum atomic E-state index is 12.2. The Bertz CT molecular complexity index is 828. The molecule has 142 valence electrons. The highest BCUT2D eigenvalue weighted by atomic mass is 16.6. The molecule has 2 amide bonds. The predicted molar refractivity (Wildman–Crippen MR) is 103 cm³/mol. The van der Waals surface area contributed by atoms with Crippen LogP contribution in [0.25, 0.3) is 0 Å². The smallest absolute Gasteiger partial charge is 0.408 e. The maximum absolute atomic E-state index is 12.2. The second-order valence-electron chi connectivity index (χ2n) is 7.46. The van der Waals surface area contributed by atoms with Crippen LogP contribution in [-0.2, 0) is 16.0 Å². The number of anilines is 1. The van der Waals surface area contributed by atoms with Gasteiger partial charge < -0.3 is 20.1 Å². The van der Waals surface area contributed by atoms with E-state index in [1.807, 2.05) is 63.2 Å². The molecule has 0 spiro atoms. The summed E-state index contributed by atoms with van der Waals surface area (Å²) in [5.41, 5.74) is 2.07. The fourth-order valence-electron chi connectivity index (χ4n) is 2.82. The molecule has 1 aliphatic heterocycles. The normalized spacial score (nSPS) is 14.1. The molecule has 0 saturated carbocycles. The van der Waals surface area contributed by atoms with Crippen molar-refractivity contribution in [3.05, 3.63) is 59.7 Å². The maximum Gasteiger partial charge on any atom is 0.408 e. The molecule has 2 aromatic carbocycles. The number of fused-ring (bicyclic) bond motifs is 1. The lowest BCUT2D eigenvalue weighted by Gasteiger charge is -2.24. The molecule has 6 nitrogen and oxygen atoms in total. The third-order valence-corrected chi connectivity index (χ3v) is 4.02. The number of rotatable bonds is 5. The van der Waals surface area contributed by atoms with Gasteiger partial charge in [0.25, 0.3) is 0 Å². The number of hydrogen-bond donors (Lipinski definition) is 2. The van der Waals surface area contributed by atoms with E-state index in [1.54, 1.807) is 6.07 Å². The summed E-state index contributed by atoms with van der Waals surface area (Å²) < 4.78 is 11.3. The molecule has 0 aliphatic carbocycles. The third-order valence-electron chi connectivity index (χ3n) is 4.02. The van der Waals surface area contributed by atoms with E-state index in [1.165, 1.54) is 0 Å². The van der Waals surface area contributed by atoms with E-state index in [4.69, 9.17) is 9.47 Å². The van der Waals surface area contributed by atoms with Gasteiger partial charge in [-0.2, -0.15) is 0 Å². The quantitative estimate of drug-likeness (QED) is 0.841. The molecule has 1 aliphatic rings. The molecular weight excluding hydrogens is 344 g/mol. The Balaban J connectivity index is 1.69. The zero-order chi connectivity index (χ0) is 19.4. The Morgan fingerprint density at radius 2 is 1.93 bits per heavy atom. The summed E-state index contributed by atoms with van der Waals surface area (Å²) in [4.78, 5) is 23.7. The Hall–Kier alpha value is -3.02. The van der Waals surface area contributed by atoms with Gasteiger partial charge in [0.05, 0.1) is 12.5 Å². The summed E-state index contributed by atoms with van der Waals surface area (Å²) in [6, 6.07) is 14.7. The first-order chi connectivity index (χ1) is 12.8. The van der Waals surface area contributed by atoms with E-state index in [0.29, 0.717) is 12.2 Å². The molecule has 2 aromatic rings. The number of nitrogens with one attached hydrogen (secondary N) is 2. The van der Waals surface area contributed by atoms with Crippen LogP contribution in [0, 0.1) is 0 Å². The summed E-state index contributed by atoms with van der Waals surface area (Å²) in [5.74, 6) is 0.610. The Labute approximate surface area is 158 Å². The Morgan fingerprint density at radius 3 is 2.63 bits per heavy atom. The van der Waals surface area contributed by atoms with Gasteiger partial charge in [0.2, 0.25) is 5.91 Å². The van der Waals surface area contributed by atoms with Crippen LogP contribution in [0.5, 0.6) is 5.75 Å². The molecule has 6 heteroatoms. The zero-order valence-corrected chi connectivity index (χ0v) is 15.7. The second-order valence-corrected chi connectivity index (χ2v) is 7.46. The molecule has 0 saturated heterocycles. The highest BCUT2D eigenvalue weighted by Gasteiger charge is 2.22. The van der Waals surface area contributed by atoms with Gasteiger partial charge in [-0.05, 0) is 38.0 Å². The van der Waals surface area contributed by atoms with Crippen molar-refractivity contribution < 1.29 is 19.1 Å². The van der Waals surface area contributed by atoms with Crippen molar-refractivity contribution in [2.24, 2.45) is 0 Å². The van der Waals surface area contributed by atoms with Gasteiger partial charge in [0, 0.05) is 11.8 Å². The minimum atomic E-state index is -0.579. The van der Waals surface area contributed by atoms with Crippen LogP contribution in [0.2, 0.25) is 0 Å². The molecule has 2 N–H and O–H groups in total. The van der Waals surface area contributed by atoms with E-state index < -0.39 is 11.7 Å². The van der Waals surface area contributed by atoms with Gasteiger partial charge >= 0.3 is 6.09 Å². The van der Waals surface area contributed by atoms with Crippen molar-refractivity contribution in [1.29, 1.82) is 0 Å². The number of amides is 2. The van der Waals surface area contributed by atoms with Crippen LogP contribution in [-0.4, -0.2) is 24.2 Å². The van der Waals surface area contributed by atoms with Crippen molar-refractivity contribution in [3.63, 3.8) is 0 Å². The lowest BCUT2D eigenvalue weighted by atomic mass is 10.1. The predicted octanol–water partition coefficient (Wildman–Crippen LogP) is 3.83. The van der Waals surface area contributed by atoms with E-state index in [2.05, 4.69) is 10.6 Å². The monoisotopic (exact) mass is 368 g/mol. The van der Waals surface area contributed by atoms with Crippen LogP contribution in [0.3, 0.4) is 0 Å². The number of carbonyl (C=O) groups is 2. The molecule has 0 unspecified atom stereocenters. The molecule has 27 heavy (non-hydrogen) atoms. The lowest BCUT2D eigenvalue weighted by molar-refractivity contribution is -0.115. The van der Waals surface area contributed by atoms with Gasteiger partial charge in [0.1, 0.15) is 18.0 Å². The number of ether oxygens (including phenoxy) is 2. The number of benzene rings is 2. The first-order valence-corrected chi connectivity index (χ1v) is 8.90. The fourth-order valence-corrected chi connectivity index (χ4v) is 2.82. The van der Waals surface area contributed by atoms with Crippen LogP contribution >= 0.6 is 0 Å². The lowest BCUT2D eigenvalue weighted by Crippen LogP contribution is -2.37. The van der Waals surface area contributed by atoms with Crippen molar-refractivity contribution in [3.8, 4) is 5.75 Å². The molecule has 0 bridgehead atoms. The fraction of sp³-hybridized carbons (Fsp3) is 0.333. The highest BCUT2D eigenvalue weighted by molar-refractivity contribution is 5.99. The van der Waals surface area contributed by atoms with E-state index >= 15 is 0 Å². The van der Waals surface area contributed by atoms with E-state index in [-0.39, 0.29) is 18.6 Å². The molecule has 1 atom stereocenters. The molecule has 3 rings (SSSR count). The van der Waals surface area contributed by atoms with Crippen LogP contribution in [0.15, 0.2) is 48.5 Å². The Kier molecular flexibility index (Phi) is 5.35. The van der Waals surface area contributed by atoms with Crippen molar-refractivity contribution in [2.45, 2.75) is 38.8 Å². The average Bonchev–Trinajstić information content (AvgIpc) is 2.97. The van der Waals surface area contributed by atoms with Crippen molar-refractivity contribution >= 4 is 17.7 Å². The van der Waals surface area contributed by atoms with Gasteiger partial charge in [-0.3, -0.25) is 4.79 Å². The topological polar surface area (TPSA) is 76.7 Å². The molecule has 0 fully saturated rings. The van der Waals surface area contributed by atoms with Gasteiger partial charge in [0.15, 0.2) is 0 Å². The Morgan fingerprint density at radius 1 is 1.19 bits per heavy atom. The summed E-state index contributed by atoms with van der Waals surface area (Å²) in [5, 5.41) is 5.67. The van der Waals surface area contributed by atoms with E-state index in [9.17, 15) is 9.59 Å². The number of hydrogen-bond acceptors (Lipinski definition) is 4. The molecule has 1 heterocycles. The second kappa shape index (κ2) is 7.70. The molecule has 0 radical (unpaired) electrons. The zero-order valence-electron chi connectivity index (χ0n) is 15.7. The number of alkyl carbamates (subject to hydrolysis) is 1. The summed E-state index contributed by atoms with van der Waals surface area (Å²) >= 11 is 0. The summed E-state index contributed by atoms with van der Waals surface area (Å²) in [7, 11) is 0. The summed E-state index contributed by atoms with van der Waals surface area (Å²) in [6.45, 7) is 5.69. The molecule has 0 aromatic heterocycles. The summed E-state index contributed by atoms with van der Waals surface area (Å²) in [6.07, 6.45) is -0.108. The van der Waals surface area contributed by atoms with Crippen molar-refractivity contribution in [1.82, 2.24) is 5.32 Å². The van der Waals surface area contributed by atoms with Crippen molar-refractivity contribution in [2.75, 3.05) is 11.9 Å². The first-order valence-electron chi connectivity index (χ1n) is 8.90. The largest absolute Gasteiger partial charge is 0.491 e. The van der Waals surface area contributed by atoms with Gasteiger partial charge in [-0.25, -0.2) is 4.79 Å². The van der Waals surface area contributed by atoms with Gasteiger partial charge in [-0.15, -0.1) is 0 Å². The van der Waals surface area contributed by atoms with Crippen LogP contribution in [0.4, 0.5) is 10.5 Å². The van der Waals surface area contributed by atoms with E-state index in [0.717, 1.165) is 16.8 Å². The molecular formula is C21H24N2O4. The average molecular weight is 368 g/mol. The third kappa shape index (κ3) is 5.23. The minimum absolute atomic E-state index is 0.0177. The highest BCUT2D eigenvalue weighted by Crippen LogP contribution is 2.28. The van der Waals surface area contributed by atoms with Crippen LogP contribution < -0.4 is 15.4 Å². The number of carbonyl (C=O) groups excluding carboxylic acids is 2. The minimum Gasteiger partial charge on any atom is -0.491 e.